The van der Waals surface area contributed by atoms with E-state index in [1.165, 1.54) is 0 Å². The SMILES string of the molecule is CNCCCN(C)C(=O)c1ccc(NCCCCCC(=O)N(C)CCN2CCC(OC(=O)Nc3ccccc3-c3ccccc3)CC2)cc1OC. The third-order valence-electron chi connectivity index (χ3n) is 9.33. The summed E-state index contributed by atoms with van der Waals surface area (Å²) in [5.41, 5.74) is 4.17. The van der Waals surface area contributed by atoms with Gasteiger partial charge in [-0.05, 0) is 69.5 Å². The topological polar surface area (TPSA) is 115 Å². The highest BCUT2D eigenvalue weighted by Gasteiger charge is 2.23. The Hall–Kier alpha value is -4.61. The van der Waals surface area contributed by atoms with Crippen LogP contribution >= 0.6 is 0 Å². The molecule has 0 bridgehead atoms. The van der Waals surface area contributed by atoms with E-state index in [1.807, 2.05) is 98.8 Å². The van der Waals surface area contributed by atoms with Crippen LogP contribution in [0.4, 0.5) is 16.2 Å². The van der Waals surface area contributed by atoms with Crippen molar-refractivity contribution in [3.8, 4) is 16.9 Å². The number of nitrogens with one attached hydrogen (secondary N) is 3. The van der Waals surface area contributed by atoms with Crippen molar-refractivity contribution in [2.75, 3.05) is 84.7 Å². The number of para-hydroxylation sites is 1. The van der Waals surface area contributed by atoms with E-state index in [2.05, 4.69) is 20.9 Å². The van der Waals surface area contributed by atoms with Gasteiger partial charge in [0.15, 0.2) is 0 Å². The number of benzene rings is 3. The normalized spacial score (nSPS) is 13.3. The molecule has 11 nitrogen and oxygen atoms in total. The van der Waals surface area contributed by atoms with Crippen molar-refractivity contribution in [3.63, 3.8) is 0 Å². The maximum atomic E-state index is 12.9. The number of ether oxygens (including phenoxy) is 2. The number of carbonyl (C=O) groups excluding carboxylic acids is 3. The minimum absolute atomic E-state index is 0.0537. The first-order valence-electron chi connectivity index (χ1n) is 18.2. The van der Waals surface area contributed by atoms with Gasteiger partial charge in [0.05, 0.1) is 18.4 Å². The van der Waals surface area contributed by atoms with Crippen molar-refractivity contribution in [1.29, 1.82) is 0 Å². The van der Waals surface area contributed by atoms with E-state index in [0.29, 0.717) is 30.8 Å². The first kappa shape index (κ1) is 39.2. The molecule has 1 aliphatic rings. The number of piperidine rings is 1. The van der Waals surface area contributed by atoms with Crippen LogP contribution in [-0.4, -0.2) is 113 Å². The van der Waals surface area contributed by atoms with Gasteiger partial charge >= 0.3 is 6.09 Å². The number of hydrogen-bond acceptors (Lipinski definition) is 8. The van der Waals surface area contributed by atoms with Crippen molar-refractivity contribution in [1.82, 2.24) is 20.0 Å². The third kappa shape index (κ3) is 12.6. The minimum atomic E-state index is -0.431. The van der Waals surface area contributed by atoms with Crippen LogP contribution in [0.2, 0.25) is 0 Å². The molecular weight excluding hydrogens is 644 g/mol. The van der Waals surface area contributed by atoms with Gasteiger partial charge in [-0.15, -0.1) is 0 Å². The lowest BCUT2D eigenvalue weighted by atomic mass is 10.0. The third-order valence-corrected chi connectivity index (χ3v) is 9.33. The van der Waals surface area contributed by atoms with Crippen LogP contribution in [0.25, 0.3) is 11.1 Å². The molecule has 1 fully saturated rings. The summed E-state index contributed by atoms with van der Waals surface area (Å²) >= 11 is 0. The molecule has 0 aliphatic carbocycles. The molecule has 4 rings (SSSR count). The van der Waals surface area contributed by atoms with E-state index in [4.69, 9.17) is 9.47 Å². The Balaban J connectivity index is 1.07. The molecule has 3 aromatic carbocycles. The number of rotatable bonds is 19. The molecule has 3 aromatic rings. The highest BCUT2D eigenvalue weighted by molar-refractivity contribution is 5.97. The molecular formula is C40H56N6O5. The fourth-order valence-electron chi connectivity index (χ4n) is 6.20. The smallest absolute Gasteiger partial charge is 0.411 e. The van der Waals surface area contributed by atoms with Crippen LogP contribution in [-0.2, 0) is 9.53 Å². The maximum absolute atomic E-state index is 12.9. The van der Waals surface area contributed by atoms with Gasteiger partial charge in [-0.1, -0.05) is 55.0 Å². The Morgan fingerprint density at radius 3 is 2.33 bits per heavy atom. The molecule has 276 valence electrons. The zero-order valence-electron chi connectivity index (χ0n) is 30.8. The van der Waals surface area contributed by atoms with E-state index in [1.54, 1.807) is 12.0 Å². The number of hydrogen-bond donors (Lipinski definition) is 3. The first-order valence-corrected chi connectivity index (χ1v) is 18.2. The first-order chi connectivity index (χ1) is 24.8. The second-order valence-corrected chi connectivity index (χ2v) is 13.1. The van der Waals surface area contributed by atoms with Gasteiger partial charge in [-0.2, -0.15) is 0 Å². The van der Waals surface area contributed by atoms with Crippen LogP contribution in [0.5, 0.6) is 5.75 Å². The minimum Gasteiger partial charge on any atom is -0.496 e. The second kappa shape index (κ2) is 20.9. The number of nitrogens with zero attached hydrogens (tertiary/aromatic N) is 3. The summed E-state index contributed by atoms with van der Waals surface area (Å²) in [6.45, 7) is 5.43. The molecule has 0 radical (unpaired) electrons. The van der Waals surface area contributed by atoms with Crippen molar-refractivity contribution >= 4 is 29.3 Å². The molecule has 1 heterocycles. The summed E-state index contributed by atoms with van der Waals surface area (Å²) in [4.78, 5) is 44.3. The lowest BCUT2D eigenvalue weighted by molar-refractivity contribution is -0.130. The van der Waals surface area contributed by atoms with Crippen molar-refractivity contribution in [3.05, 3.63) is 78.4 Å². The van der Waals surface area contributed by atoms with Gasteiger partial charge < -0.3 is 34.8 Å². The molecule has 1 aliphatic heterocycles. The van der Waals surface area contributed by atoms with E-state index in [-0.39, 0.29) is 17.9 Å². The molecule has 0 saturated carbocycles. The van der Waals surface area contributed by atoms with Crippen LogP contribution in [0.3, 0.4) is 0 Å². The summed E-state index contributed by atoms with van der Waals surface area (Å²) in [5.74, 6) is 0.664. The zero-order chi connectivity index (χ0) is 36.4. The van der Waals surface area contributed by atoms with Crippen LogP contribution in [0.1, 0.15) is 55.3 Å². The van der Waals surface area contributed by atoms with Crippen molar-refractivity contribution in [2.45, 2.75) is 51.0 Å². The largest absolute Gasteiger partial charge is 0.496 e. The zero-order valence-corrected chi connectivity index (χ0v) is 30.8. The van der Waals surface area contributed by atoms with E-state index in [9.17, 15) is 14.4 Å². The molecule has 0 unspecified atom stereocenters. The molecule has 1 saturated heterocycles. The highest BCUT2D eigenvalue weighted by Crippen LogP contribution is 2.28. The Bertz CT molecular complexity index is 1530. The quantitative estimate of drug-likeness (QED) is 0.127. The lowest BCUT2D eigenvalue weighted by Crippen LogP contribution is -2.42. The average molecular weight is 701 g/mol. The van der Waals surface area contributed by atoms with Crippen molar-refractivity contribution in [2.24, 2.45) is 0 Å². The predicted molar refractivity (Wildman–Crippen MR) is 205 cm³/mol. The second-order valence-electron chi connectivity index (χ2n) is 13.1. The number of unbranched alkanes of at least 4 members (excludes halogenated alkanes) is 2. The number of anilines is 2. The van der Waals surface area contributed by atoms with Gasteiger partial charge in [-0.25, -0.2) is 4.79 Å². The molecule has 11 heteroatoms. The summed E-state index contributed by atoms with van der Waals surface area (Å²) in [7, 11) is 7.17. The number of likely N-dealkylation sites (tertiary alicyclic amines) is 1. The maximum Gasteiger partial charge on any atom is 0.411 e. The monoisotopic (exact) mass is 700 g/mol. The number of likely N-dealkylation sites (N-methyl/N-ethyl adjacent to an activating group) is 1. The van der Waals surface area contributed by atoms with E-state index < -0.39 is 6.09 Å². The fourth-order valence-corrected chi connectivity index (χ4v) is 6.20. The van der Waals surface area contributed by atoms with Gasteiger partial charge in [0.25, 0.3) is 5.91 Å². The van der Waals surface area contributed by atoms with Crippen molar-refractivity contribution < 1.29 is 23.9 Å². The van der Waals surface area contributed by atoms with Crippen LogP contribution in [0.15, 0.2) is 72.8 Å². The van der Waals surface area contributed by atoms with Crippen LogP contribution in [0, 0.1) is 0 Å². The van der Waals surface area contributed by atoms with Crippen LogP contribution < -0.4 is 20.7 Å². The highest BCUT2D eigenvalue weighted by atomic mass is 16.6. The molecule has 3 amide bonds. The summed E-state index contributed by atoms with van der Waals surface area (Å²) in [6, 6.07) is 23.3. The van der Waals surface area contributed by atoms with E-state index >= 15 is 0 Å². The Labute approximate surface area is 303 Å². The standard InChI is InChI=1S/C40H56N6O5/c1-41-23-13-25-45(3)39(48)35-20-19-32(30-37(35)50-4)42-24-12-6-9-18-38(47)44(2)28-29-46-26-21-33(22-27-46)51-40(49)43-36-17-11-10-16-34(36)31-14-7-5-8-15-31/h5,7-8,10-11,14-17,19-20,30,33,41-42H,6,9,12-13,18,21-29H2,1-4H3,(H,43,49). The summed E-state index contributed by atoms with van der Waals surface area (Å²) < 4.78 is 11.3. The molecule has 0 atom stereocenters. The van der Waals surface area contributed by atoms with Gasteiger partial charge in [0.2, 0.25) is 5.91 Å². The Kier molecular flexibility index (Phi) is 16.1. The molecule has 51 heavy (non-hydrogen) atoms. The molecule has 0 aromatic heterocycles. The number of amides is 3. The van der Waals surface area contributed by atoms with Gasteiger partial charge in [-0.3, -0.25) is 14.9 Å². The number of carbonyl (C=O) groups is 3. The molecule has 3 N–H and O–H groups in total. The van der Waals surface area contributed by atoms with E-state index in [0.717, 1.165) is 93.8 Å². The van der Waals surface area contributed by atoms with Gasteiger partial charge in [0.1, 0.15) is 11.9 Å². The number of methoxy groups -OCH3 is 1. The average Bonchev–Trinajstić information content (AvgIpc) is 3.15. The summed E-state index contributed by atoms with van der Waals surface area (Å²) in [6.07, 6.45) is 5.10. The lowest BCUT2D eigenvalue weighted by Gasteiger charge is -2.32. The summed E-state index contributed by atoms with van der Waals surface area (Å²) in [5, 5.41) is 9.45. The Morgan fingerprint density at radius 2 is 1.59 bits per heavy atom. The predicted octanol–water partition coefficient (Wildman–Crippen LogP) is 6.19. The fraction of sp³-hybridized carbons (Fsp3) is 0.475. The Morgan fingerprint density at radius 1 is 0.843 bits per heavy atom. The molecule has 0 spiro atoms. The van der Waals surface area contributed by atoms with Gasteiger partial charge in [0, 0.05) is 77.1 Å².